The van der Waals surface area contributed by atoms with Crippen LogP contribution in [-0.4, -0.2) is 57.0 Å². The highest BCUT2D eigenvalue weighted by molar-refractivity contribution is 6.20. The SMILES string of the molecule is OC[C@H]1OC(Cl)[C@@H](O)[C@H](O)[C@H]1O. The number of rotatable bonds is 1. The third kappa shape index (κ3) is 1.71. The van der Waals surface area contributed by atoms with Crippen molar-refractivity contribution in [3.05, 3.63) is 0 Å². The maximum Gasteiger partial charge on any atom is 0.160 e. The molecule has 6 heteroatoms. The van der Waals surface area contributed by atoms with E-state index in [9.17, 15) is 5.11 Å². The van der Waals surface area contributed by atoms with Crippen LogP contribution in [0.15, 0.2) is 0 Å². The molecule has 12 heavy (non-hydrogen) atoms. The molecule has 4 N–H and O–H groups in total. The number of alkyl halides is 1. The molecule has 1 rings (SSSR count). The molecule has 0 radical (unpaired) electrons. The largest absolute Gasteiger partial charge is 0.394 e. The van der Waals surface area contributed by atoms with E-state index in [-0.39, 0.29) is 0 Å². The number of aliphatic hydroxyl groups excluding tert-OH is 4. The molecule has 5 nitrogen and oxygen atoms in total. The second-order valence-corrected chi connectivity index (χ2v) is 3.11. The zero-order valence-electron chi connectivity index (χ0n) is 6.17. The Kier molecular flexibility index (Phi) is 3.28. The lowest BCUT2D eigenvalue weighted by Gasteiger charge is -2.37. The summed E-state index contributed by atoms with van der Waals surface area (Å²) in [5, 5.41) is 36.0. The van der Waals surface area contributed by atoms with E-state index >= 15 is 0 Å². The lowest BCUT2D eigenvalue weighted by atomic mass is 10.0. The summed E-state index contributed by atoms with van der Waals surface area (Å²) in [6, 6.07) is 0. The van der Waals surface area contributed by atoms with Gasteiger partial charge in [0.15, 0.2) is 5.56 Å². The van der Waals surface area contributed by atoms with Gasteiger partial charge < -0.3 is 25.2 Å². The lowest BCUT2D eigenvalue weighted by molar-refractivity contribution is -0.207. The molecule has 0 bridgehead atoms. The number of ether oxygens (including phenoxy) is 1. The van der Waals surface area contributed by atoms with E-state index in [4.69, 9.17) is 31.7 Å². The minimum absolute atomic E-state index is 0.450. The monoisotopic (exact) mass is 198 g/mol. The van der Waals surface area contributed by atoms with Crippen molar-refractivity contribution in [3.63, 3.8) is 0 Å². The van der Waals surface area contributed by atoms with Crippen molar-refractivity contribution < 1.29 is 25.2 Å². The first-order valence-corrected chi connectivity index (χ1v) is 3.96. The van der Waals surface area contributed by atoms with Gasteiger partial charge in [0.25, 0.3) is 0 Å². The number of halogens is 1. The highest BCUT2D eigenvalue weighted by atomic mass is 35.5. The maximum atomic E-state index is 9.17. The van der Waals surface area contributed by atoms with Gasteiger partial charge in [-0.2, -0.15) is 0 Å². The Bertz CT molecular complexity index is 150. The van der Waals surface area contributed by atoms with Crippen LogP contribution in [0, 0.1) is 0 Å². The molecule has 1 heterocycles. The fourth-order valence-corrected chi connectivity index (χ4v) is 1.34. The average molecular weight is 199 g/mol. The van der Waals surface area contributed by atoms with E-state index in [1.807, 2.05) is 0 Å². The van der Waals surface area contributed by atoms with Crippen LogP contribution >= 0.6 is 11.6 Å². The second kappa shape index (κ2) is 3.87. The molecule has 1 saturated heterocycles. The fourth-order valence-electron chi connectivity index (χ4n) is 1.06. The highest BCUT2D eigenvalue weighted by Crippen LogP contribution is 2.22. The molecule has 0 amide bonds. The Labute approximate surface area is 74.2 Å². The van der Waals surface area contributed by atoms with Gasteiger partial charge in [0.05, 0.1) is 6.61 Å². The maximum absolute atomic E-state index is 9.17. The summed E-state index contributed by atoms with van der Waals surface area (Å²) in [4.78, 5) is 0. The van der Waals surface area contributed by atoms with Crippen LogP contribution in [0.4, 0.5) is 0 Å². The Morgan fingerprint density at radius 3 is 2.17 bits per heavy atom. The topological polar surface area (TPSA) is 90.2 Å². The summed E-state index contributed by atoms with van der Waals surface area (Å²) in [5.74, 6) is 0. The Morgan fingerprint density at radius 1 is 1.08 bits per heavy atom. The van der Waals surface area contributed by atoms with Gasteiger partial charge in [-0.15, -0.1) is 0 Å². The quantitative estimate of drug-likeness (QED) is 0.367. The summed E-state index contributed by atoms with van der Waals surface area (Å²) in [5.41, 5.74) is -1.10. The van der Waals surface area contributed by atoms with Crippen LogP contribution in [-0.2, 0) is 4.74 Å². The number of hydrogen-bond donors (Lipinski definition) is 4. The summed E-state index contributed by atoms with van der Waals surface area (Å²) in [6.07, 6.45) is -4.95. The van der Waals surface area contributed by atoms with Gasteiger partial charge in [-0.3, -0.25) is 0 Å². The van der Waals surface area contributed by atoms with E-state index < -0.39 is 36.6 Å². The highest BCUT2D eigenvalue weighted by Gasteiger charge is 2.42. The number of hydrogen-bond acceptors (Lipinski definition) is 5. The molecular weight excluding hydrogens is 188 g/mol. The Morgan fingerprint density at radius 2 is 1.67 bits per heavy atom. The molecule has 0 aromatic rings. The first kappa shape index (κ1) is 10.2. The fraction of sp³-hybridized carbons (Fsp3) is 1.00. The van der Waals surface area contributed by atoms with E-state index in [1.165, 1.54) is 0 Å². The molecule has 1 unspecified atom stereocenters. The van der Waals surface area contributed by atoms with Gasteiger partial charge >= 0.3 is 0 Å². The molecule has 1 aliphatic heterocycles. The van der Waals surface area contributed by atoms with Gasteiger partial charge in [0, 0.05) is 0 Å². The molecule has 0 aromatic carbocycles. The summed E-state index contributed by atoms with van der Waals surface area (Å²) in [7, 11) is 0. The van der Waals surface area contributed by atoms with Crippen LogP contribution in [0.5, 0.6) is 0 Å². The van der Waals surface area contributed by atoms with Crippen molar-refractivity contribution in [2.75, 3.05) is 6.61 Å². The van der Waals surface area contributed by atoms with Crippen LogP contribution in [0.3, 0.4) is 0 Å². The molecule has 5 atom stereocenters. The van der Waals surface area contributed by atoms with Crippen LogP contribution in [0.2, 0.25) is 0 Å². The lowest BCUT2D eigenvalue weighted by Crippen LogP contribution is -2.56. The third-order valence-corrected chi connectivity index (χ3v) is 2.20. The van der Waals surface area contributed by atoms with E-state index in [0.29, 0.717) is 0 Å². The zero-order valence-corrected chi connectivity index (χ0v) is 6.92. The van der Waals surface area contributed by atoms with Crippen molar-refractivity contribution in [1.29, 1.82) is 0 Å². The minimum atomic E-state index is -1.38. The molecule has 1 fully saturated rings. The van der Waals surface area contributed by atoms with Gasteiger partial charge in [-0.05, 0) is 0 Å². The molecule has 0 saturated carbocycles. The predicted molar refractivity (Wildman–Crippen MR) is 39.6 cm³/mol. The molecule has 72 valence electrons. The summed E-state index contributed by atoms with van der Waals surface area (Å²) >= 11 is 5.45. The standard InChI is InChI=1S/C6H11ClO5/c7-6-5(11)4(10)3(9)2(1-8)12-6/h2-6,8-11H,1H2/t2-,3+,4-,5+,6?/m1/s1. The molecule has 1 aliphatic rings. The molecule has 0 aromatic heterocycles. The zero-order chi connectivity index (χ0) is 9.30. The smallest absolute Gasteiger partial charge is 0.160 e. The molecule has 0 spiro atoms. The predicted octanol–water partition coefficient (Wildman–Crippen LogP) is -1.97. The van der Waals surface area contributed by atoms with Crippen molar-refractivity contribution in [1.82, 2.24) is 0 Å². The van der Waals surface area contributed by atoms with Crippen LogP contribution < -0.4 is 0 Å². The van der Waals surface area contributed by atoms with Crippen molar-refractivity contribution in [2.45, 2.75) is 30.0 Å². The van der Waals surface area contributed by atoms with E-state index in [2.05, 4.69) is 0 Å². The Hall–Kier alpha value is 0.0900. The van der Waals surface area contributed by atoms with Crippen LogP contribution in [0.1, 0.15) is 0 Å². The van der Waals surface area contributed by atoms with Crippen molar-refractivity contribution in [2.24, 2.45) is 0 Å². The van der Waals surface area contributed by atoms with Gasteiger partial charge in [-0.25, -0.2) is 0 Å². The van der Waals surface area contributed by atoms with Crippen molar-refractivity contribution in [3.8, 4) is 0 Å². The summed E-state index contributed by atoms with van der Waals surface area (Å²) < 4.78 is 4.79. The normalized spacial score (nSPS) is 49.2. The van der Waals surface area contributed by atoms with Gasteiger partial charge in [-0.1, -0.05) is 11.6 Å². The van der Waals surface area contributed by atoms with Crippen molar-refractivity contribution >= 4 is 11.6 Å². The van der Waals surface area contributed by atoms with E-state index in [0.717, 1.165) is 0 Å². The second-order valence-electron chi connectivity index (χ2n) is 2.68. The van der Waals surface area contributed by atoms with Crippen LogP contribution in [0.25, 0.3) is 0 Å². The third-order valence-electron chi connectivity index (χ3n) is 1.83. The van der Waals surface area contributed by atoms with E-state index in [1.54, 1.807) is 0 Å². The Balaban J connectivity index is 2.63. The molecular formula is C6H11ClO5. The first-order valence-electron chi connectivity index (χ1n) is 3.52. The van der Waals surface area contributed by atoms with Gasteiger partial charge in [0.2, 0.25) is 0 Å². The summed E-state index contributed by atoms with van der Waals surface area (Å²) in [6.45, 7) is -0.450. The molecule has 0 aliphatic carbocycles. The minimum Gasteiger partial charge on any atom is -0.394 e. The first-order chi connectivity index (χ1) is 5.57. The van der Waals surface area contributed by atoms with Gasteiger partial charge in [0.1, 0.15) is 24.4 Å². The number of aliphatic hydroxyl groups is 4. The average Bonchev–Trinajstić information content (AvgIpc) is 2.08.